The smallest absolute Gasteiger partial charge is 0.268 e. The van der Waals surface area contributed by atoms with Crippen LogP contribution in [0, 0.1) is 0 Å². The molecule has 0 bridgehead atoms. The minimum atomic E-state index is -0.908. The van der Waals surface area contributed by atoms with Gasteiger partial charge in [-0.1, -0.05) is 30.1 Å². The molecule has 1 aromatic rings. The molecule has 1 amide bonds. The molecule has 1 heterocycles. The van der Waals surface area contributed by atoms with E-state index >= 15 is 0 Å². The average Bonchev–Trinajstić information content (AvgIpc) is 2.54. The van der Waals surface area contributed by atoms with Crippen LogP contribution in [0.15, 0.2) is 6.07 Å². The van der Waals surface area contributed by atoms with Gasteiger partial charge in [-0.05, 0) is 19.4 Å². The van der Waals surface area contributed by atoms with Gasteiger partial charge >= 0.3 is 0 Å². The predicted octanol–water partition coefficient (Wildman–Crippen LogP) is 2.22. The van der Waals surface area contributed by atoms with Crippen LogP contribution in [0.2, 0.25) is 10.2 Å². The van der Waals surface area contributed by atoms with Crippen LogP contribution in [0.5, 0.6) is 0 Å². The summed E-state index contributed by atoms with van der Waals surface area (Å²) in [5, 5.41) is 13.1. The first-order valence-electron chi connectivity index (χ1n) is 5.30. The van der Waals surface area contributed by atoms with Crippen molar-refractivity contribution in [3.05, 3.63) is 21.9 Å². The highest BCUT2D eigenvalue weighted by atomic mass is 35.5. The average molecular weight is 279 g/mol. The number of aliphatic hydroxyl groups is 1. The van der Waals surface area contributed by atoms with Crippen molar-refractivity contribution in [1.82, 2.24) is 9.88 Å². The third kappa shape index (κ3) is 3.37. The van der Waals surface area contributed by atoms with Crippen LogP contribution in [-0.4, -0.2) is 27.7 Å². The highest BCUT2D eigenvalue weighted by molar-refractivity contribution is 6.41. The predicted molar refractivity (Wildman–Crippen MR) is 68.7 cm³/mol. The van der Waals surface area contributed by atoms with Gasteiger partial charge in [0, 0.05) is 13.6 Å². The normalized spacial score (nSPS) is 14.5. The lowest BCUT2D eigenvalue weighted by Gasteiger charge is -2.21. The quantitative estimate of drug-likeness (QED) is 0.888. The summed E-state index contributed by atoms with van der Waals surface area (Å²) >= 11 is 11.7. The number of carbonyl (C=O) groups is 1. The van der Waals surface area contributed by atoms with Gasteiger partial charge < -0.3 is 15.0 Å². The third-order valence-corrected chi connectivity index (χ3v) is 3.58. The lowest BCUT2D eigenvalue weighted by molar-refractivity contribution is 0.0516. The molecule has 6 heteroatoms. The highest BCUT2D eigenvalue weighted by Gasteiger charge is 2.21. The molecule has 0 aliphatic rings. The third-order valence-electron chi connectivity index (χ3n) is 2.74. The van der Waals surface area contributed by atoms with E-state index in [4.69, 9.17) is 23.2 Å². The first-order chi connectivity index (χ1) is 7.78. The zero-order valence-corrected chi connectivity index (χ0v) is 11.6. The van der Waals surface area contributed by atoms with Gasteiger partial charge in [-0.15, -0.1) is 0 Å². The Labute approximate surface area is 111 Å². The van der Waals surface area contributed by atoms with E-state index in [2.05, 4.69) is 5.32 Å². The van der Waals surface area contributed by atoms with Crippen LogP contribution in [0.4, 0.5) is 0 Å². The summed E-state index contributed by atoms with van der Waals surface area (Å²) in [6.45, 7) is 3.70. The fraction of sp³-hybridized carbons (Fsp3) is 0.545. The van der Waals surface area contributed by atoms with Crippen LogP contribution in [0.25, 0.3) is 0 Å². The van der Waals surface area contributed by atoms with Crippen molar-refractivity contribution in [2.75, 3.05) is 6.54 Å². The molecule has 1 atom stereocenters. The van der Waals surface area contributed by atoms with E-state index in [-0.39, 0.29) is 12.5 Å². The van der Waals surface area contributed by atoms with E-state index in [1.165, 1.54) is 10.6 Å². The summed E-state index contributed by atoms with van der Waals surface area (Å²) < 4.78 is 1.50. The maximum atomic E-state index is 11.8. The molecular weight excluding hydrogens is 263 g/mol. The van der Waals surface area contributed by atoms with Crippen molar-refractivity contribution >= 4 is 29.1 Å². The molecule has 96 valence electrons. The van der Waals surface area contributed by atoms with Crippen LogP contribution >= 0.6 is 23.2 Å². The number of aromatic nitrogens is 1. The number of hydrogen-bond donors (Lipinski definition) is 2. The molecule has 0 fully saturated rings. The van der Waals surface area contributed by atoms with Gasteiger partial charge in [0.2, 0.25) is 0 Å². The van der Waals surface area contributed by atoms with Crippen molar-refractivity contribution < 1.29 is 9.90 Å². The second-order valence-corrected chi connectivity index (χ2v) is 5.03. The molecule has 17 heavy (non-hydrogen) atoms. The molecule has 0 spiro atoms. The Morgan fingerprint density at radius 3 is 2.59 bits per heavy atom. The molecule has 1 aromatic heterocycles. The molecule has 2 N–H and O–H groups in total. The van der Waals surface area contributed by atoms with Crippen molar-refractivity contribution in [3.63, 3.8) is 0 Å². The Morgan fingerprint density at radius 2 is 2.18 bits per heavy atom. The Morgan fingerprint density at radius 1 is 1.59 bits per heavy atom. The minimum Gasteiger partial charge on any atom is -0.388 e. The van der Waals surface area contributed by atoms with Gasteiger partial charge in [0.05, 0.1) is 10.6 Å². The Kier molecular flexibility index (Phi) is 4.47. The van der Waals surface area contributed by atoms with Crippen LogP contribution < -0.4 is 5.32 Å². The number of nitrogens with zero attached hydrogens (tertiary/aromatic N) is 1. The second-order valence-electron chi connectivity index (χ2n) is 4.26. The molecule has 1 unspecified atom stereocenters. The first kappa shape index (κ1) is 14.4. The van der Waals surface area contributed by atoms with Crippen molar-refractivity contribution in [3.8, 4) is 0 Å². The Hall–Kier alpha value is -0.710. The van der Waals surface area contributed by atoms with E-state index in [0.717, 1.165) is 0 Å². The minimum absolute atomic E-state index is 0.183. The largest absolute Gasteiger partial charge is 0.388 e. The number of carbonyl (C=O) groups excluding carboxylic acids is 1. The van der Waals surface area contributed by atoms with Crippen LogP contribution in [0.1, 0.15) is 30.8 Å². The van der Waals surface area contributed by atoms with Gasteiger partial charge in [0.25, 0.3) is 5.91 Å². The van der Waals surface area contributed by atoms with E-state index < -0.39 is 5.60 Å². The molecule has 0 saturated carbocycles. The topological polar surface area (TPSA) is 54.3 Å². The van der Waals surface area contributed by atoms with Gasteiger partial charge in [-0.3, -0.25) is 4.79 Å². The van der Waals surface area contributed by atoms with E-state index in [9.17, 15) is 9.90 Å². The highest BCUT2D eigenvalue weighted by Crippen LogP contribution is 2.25. The van der Waals surface area contributed by atoms with Gasteiger partial charge in [-0.25, -0.2) is 0 Å². The van der Waals surface area contributed by atoms with E-state index in [0.29, 0.717) is 22.3 Å². The summed E-state index contributed by atoms with van der Waals surface area (Å²) in [5.74, 6) is -0.310. The zero-order chi connectivity index (χ0) is 13.2. The lowest BCUT2D eigenvalue weighted by atomic mass is 10.0. The monoisotopic (exact) mass is 278 g/mol. The Balaban J connectivity index is 2.74. The van der Waals surface area contributed by atoms with Crippen LogP contribution in [0.3, 0.4) is 0 Å². The molecule has 0 saturated heterocycles. The molecule has 0 radical (unpaired) electrons. The standard InChI is InChI=1S/C11H16Cl2N2O2/c1-4-11(2,17)6-14-10(16)8-5-7(12)9(13)15(8)3/h5,17H,4,6H2,1-3H3,(H,14,16). The van der Waals surface area contributed by atoms with Crippen molar-refractivity contribution in [2.45, 2.75) is 25.9 Å². The summed E-state index contributed by atoms with van der Waals surface area (Å²) in [6.07, 6.45) is 0.557. The van der Waals surface area contributed by atoms with Crippen LogP contribution in [-0.2, 0) is 7.05 Å². The van der Waals surface area contributed by atoms with Gasteiger partial charge in [-0.2, -0.15) is 0 Å². The molecule has 4 nitrogen and oxygen atoms in total. The number of amides is 1. The number of hydrogen-bond acceptors (Lipinski definition) is 2. The summed E-state index contributed by atoms with van der Waals surface area (Å²) in [6, 6.07) is 1.50. The fourth-order valence-electron chi connectivity index (χ4n) is 1.25. The van der Waals surface area contributed by atoms with E-state index in [1.54, 1.807) is 14.0 Å². The number of nitrogens with one attached hydrogen (secondary N) is 1. The molecule has 0 aliphatic heterocycles. The lowest BCUT2D eigenvalue weighted by Crippen LogP contribution is -2.40. The first-order valence-corrected chi connectivity index (χ1v) is 6.05. The van der Waals surface area contributed by atoms with Crippen molar-refractivity contribution in [1.29, 1.82) is 0 Å². The summed E-state index contributed by atoms with van der Waals surface area (Å²) in [7, 11) is 1.65. The molecule has 0 aromatic carbocycles. The summed E-state index contributed by atoms with van der Waals surface area (Å²) in [5.41, 5.74) is -0.541. The summed E-state index contributed by atoms with van der Waals surface area (Å²) in [4.78, 5) is 11.8. The van der Waals surface area contributed by atoms with E-state index in [1.807, 2.05) is 6.92 Å². The van der Waals surface area contributed by atoms with Gasteiger partial charge in [0.1, 0.15) is 10.8 Å². The zero-order valence-electron chi connectivity index (χ0n) is 10.1. The molecular formula is C11H16Cl2N2O2. The second kappa shape index (κ2) is 5.29. The fourth-order valence-corrected chi connectivity index (χ4v) is 1.62. The molecule has 0 aliphatic carbocycles. The van der Waals surface area contributed by atoms with Gasteiger partial charge in [0.15, 0.2) is 0 Å². The number of halogens is 2. The Bertz CT molecular complexity index is 427. The number of rotatable bonds is 4. The maximum Gasteiger partial charge on any atom is 0.268 e. The maximum absolute atomic E-state index is 11.8. The molecule has 1 rings (SSSR count). The SMILES string of the molecule is CCC(C)(O)CNC(=O)c1cc(Cl)c(Cl)n1C. The van der Waals surface area contributed by atoms with Crippen molar-refractivity contribution in [2.24, 2.45) is 7.05 Å².